The van der Waals surface area contributed by atoms with Gasteiger partial charge in [0.25, 0.3) is 0 Å². The molecular weight excluding hydrogens is 330 g/mol. The van der Waals surface area contributed by atoms with E-state index in [4.69, 9.17) is 0 Å². The molecule has 0 unspecified atom stereocenters. The lowest BCUT2D eigenvalue weighted by Crippen LogP contribution is -2.64. The molecule has 1 fully saturated rings. The highest BCUT2D eigenvalue weighted by molar-refractivity contribution is 5.84. The topological polar surface area (TPSA) is 83.3 Å². The van der Waals surface area contributed by atoms with Crippen molar-refractivity contribution in [3.05, 3.63) is 47.5 Å². The number of fused-ring (bicyclic) bond motifs is 1. The molecule has 1 aromatic heterocycles. The van der Waals surface area contributed by atoms with E-state index in [1.165, 1.54) is 5.56 Å². The van der Waals surface area contributed by atoms with E-state index in [-0.39, 0.29) is 18.6 Å². The second-order valence-electron chi connectivity index (χ2n) is 7.46. The van der Waals surface area contributed by atoms with Gasteiger partial charge in [-0.1, -0.05) is 30.3 Å². The number of nitrogens with zero attached hydrogens (tertiary/aromatic N) is 4. The number of aryl methyl sites for hydroxylation is 2. The predicted octanol–water partition coefficient (Wildman–Crippen LogP) is 0.548. The highest BCUT2D eigenvalue weighted by Crippen LogP contribution is 2.29. The van der Waals surface area contributed by atoms with Crippen molar-refractivity contribution in [2.75, 3.05) is 26.2 Å². The average molecular weight is 355 g/mol. The normalized spacial score (nSPS) is 21.2. The number of rotatable bonds is 5. The molecule has 1 amide bonds. The summed E-state index contributed by atoms with van der Waals surface area (Å²) in [5.74, 6) is 1.83. The maximum absolute atomic E-state index is 12.9. The number of aromatic nitrogens is 3. The van der Waals surface area contributed by atoms with Gasteiger partial charge in [-0.25, -0.2) is 0 Å². The Hall–Kier alpha value is -2.25. The van der Waals surface area contributed by atoms with Crippen LogP contribution in [0.3, 0.4) is 0 Å². The van der Waals surface area contributed by atoms with Gasteiger partial charge in [0.1, 0.15) is 5.82 Å². The first kappa shape index (κ1) is 17.2. The molecule has 7 nitrogen and oxygen atoms in total. The number of hydrogen-bond acceptors (Lipinski definition) is 5. The number of nitrogens with one attached hydrogen (secondary N) is 1. The number of benzene rings is 1. The van der Waals surface area contributed by atoms with Crippen molar-refractivity contribution in [3.63, 3.8) is 0 Å². The predicted molar refractivity (Wildman–Crippen MR) is 96.4 cm³/mol. The minimum atomic E-state index is -0.655. The van der Waals surface area contributed by atoms with Crippen molar-refractivity contribution < 1.29 is 9.90 Å². The van der Waals surface area contributed by atoms with Gasteiger partial charge in [-0.05, 0) is 18.9 Å². The summed E-state index contributed by atoms with van der Waals surface area (Å²) in [6, 6.07) is 10.5. The summed E-state index contributed by atoms with van der Waals surface area (Å²) in [5.41, 5.74) is 0.630. The lowest BCUT2D eigenvalue weighted by molar-refractivity contribution is -0.150. The van der Waals surface area contributed by atoms with Crippen LogP contribution in [-0.4, -0.2) is 56.9 Å². The second-order valence-corrected chi connectivity index (χ2v) is 7.46. The first-order valence-electron chi connectivity index (χ1n) is 9.20. The highest BCUT2D eigenvalue weighted by atomic mass is 16.3. The van der Waals surface area contributed by atoms with E-state index in [0.29, 0.717) is 26.2 Å². The summed E-state index contributed by atoms with van der Waals surface area (Å²) < 4.78 is 2.18. The van der Waals surface area contributed by atoms with Gasteiger partial charge in [0.2, 0.25) is 5.91 Å². The molecule has 0 bridgehead atoms. The number of amides is 1. The highest BCUT2D eigenvalue weighted by Gasteiger charge is 2.47. The SMILES string of the molecule is C[C@H]1CN(C(=O)C2(CO)CNC2)Cc2nnc(CCc3ccccc3)n21. The zero-order chi connectivity index (χ0) is 18.1. The number of aliphatic hydroxyl groups is 1. The van der Waals surface area contributed by atoms with Crippen LogP contribution in [0.2, 0.25) is 0 Å². The summed E-state index contributed by atoms with van der Waals surface area (Å²) in [6.45, 7) is 4.17. The third kappa shape index (κ3) is 2.91. The zero-order valence-corrected chi connectivity index (χ0v) is 15.1. The van der Waals surface area contributed by atoms with Gasteiger partial charge in [-0.15, -0.1) is 10.2 Å². The maximum Gasteiger partial charge on any atom is 0.234 e. The quantitative estimate of drug-likeness (QED) is 0.818. The van der Waals surface area contributed by atoms with Gasteiger partial charge in [-0.3, -0.25) is 4.79 Å². The Bertz CT molecular complexity index is 779. The average Bonchev–Trinajstić information content (AvgIpc) is 3.04. The number of carbonyl (C=O) groups is 1. The molecule has 138 valence electrons. The van der Waals surface area contributed by atoms with Crippen LogP contribution in [0, 0.1) is 5.41 Å². The van der Waals surface area contributed by atoms with Crippen molar-refractivity contribution in [1.82, 2.24) is 25.0 Å². The van der Waals surface area contributed by atoms with Crippen LogP contribution in [-0.2, 0) is 24.2 Å². The fourth-order valence-corrected chi connectivity index (χ4v) is 3.93. The fraction of sp³-hybridized carbons (Fsp3) is 0.526. The molecule has 0 saturated carbocycles. The molecule has 1 atom stereocenters. The lowest BCUT2D eigenvalue weighted by atomic mass is 9.81. The van der Waals surface area contributed by atoms with Crippen LogP contribution in [0.25, 0.3) is 0 Å². The van der Waals surface area contributed by atoms with Crippen molar-refractivity contribution in [2.24, 2.45) is 5.41 Å². The molecule has 2 aromatic rings. The van der Waals surface area contributed by atoms with Gasteiger partial charge in [0, 0.05) is 26.1 Å². The van der Waals surface area contributed by atoms with Crippen molar-refractivity contribution in [3.8, 4) is 0 Å². The van der Waals surface area contributed by atoms with E-state index >= 15 is 0 Å². The Morgan fingerprint density at radius 1 is 1.27 bits per heavy atom. The van der Waals surface area contributed by atoms with E-state index in [1.54, 1.807) is 0 Å². The lowest BCUT2D eigenvalue weighted by Gasteiger charge is -2.44. The molecule has 3 heterocycles. The molecule has 2 N–H and O–H groups in total. The van der Waals surface area contributed by atoms with Gasteiger partial charge >= 0.3 is 0 Å². The van der Waals surface area contributed by atoms with Crippen molar-refractivity contribution >= 4 is 5.91 Å². The van der Waals surface area contributed by atoms with Crippen LogP contribution >= 0.6 is 0 Å². The molecule has 1 saturated heterocycles. The molecular formula is C19H25N5O2. The van der Waals surface area contributed by atoms with E-state index in [2.05, 4.69) is 39.1 Å². The Morgan fingerprint density at radius 3 is 2.69 bits per heavy atom. The van der Waals surface area contributed by atoms with E-state index in [1.807, 2.05) is 23.1 Å². The molecule has 1 aromatic carbocycles. The maximum atomic E-state index is 12.9. The van der Waals surface area contributed by atoms with E-state index in [9.17, 15) is 9.90 Å². The summed E-state index contributed by atoms with van der Waals surface area (Å²) >= 11 is 0. The van der Waals surface area contributed by atoms with E-state index in [0.717, 1.165) is 24.5 Å². The summed E-state index contributed by atoms with van der Waals surface area (Å²) in [7, 11) is 0. The summed E-state index contributed by atoms with van der Waals surface area (Å²) in [6.07, 6.45) is 1.76. The van der Waals surface area contributed by atoms with Crippen LogP contribution in [0.1, 0.15) is 30.2 Å². The number of carbonyl (C=O) groups excluding carboxylic acids is 1. The van der Waals surface area contributed by atoms with Crippen LogP contribution < -0.4 is 5.32 Å². The smallest absolute Gasteiger partial charge is 0.234 e. The van der Waals surface area contributed by atoms with Gasteiger partial charge in [0.05, 0.1) is 24.6 Å². The third-order valence-corrected chi connectivity index (χ3v) is 5.55. The number of hydrogen-bond donors (Lipinski definition) is 2. The van der Waals surface area contributed by atoms with Gasteiger partial charge < -0.3 is 19.9 Å². The first-order chi connectivity index (χ1) is 12.6. The Morgan fingerprint density at radius 2 is 2.04 bits per heavy atom. The molecule has 2 aliphatic heterocycles. The molecule has 26 heavy (non-hydrogen) atoms. The molecule has 4 rings (SSSR count). The van der Waals surface area contributed by atoms with E-state index < -0.39 is 5.41 Å². The monoisotopic (exact) mass is 355 g/mol. The Balaban J connectivity index is 1.48. The van der Waals surface area contributed by atoms with Crippen molar-refractivity contribution in [2.45, 2.75) is 32.4 Å². The summed E-state index contributed by atoms with van der Waals surface area (Å²) in [4.78, 5) is 14.7. The minimum Gasteiger partial charge on any atom is -0.395 e. The summed E-state index contributed by atoms with van der Waals surface area (Å²) in [5, 5.41) is 21.5. The largest absolute Gasteiger partial charge is 0.395 e. The molecule has 0 spiro atoms. The molecule has 7 heteroatoms. The van der Waals surface area contributed by atoms with Crippen LogP contribution in [0.5, 0.6) is 0 Å². The standard InChI is InChI=1S/C19H25N5O2/c1-14-9-23(18(26)19(13-25)11-20-12-19)10-17-22-21-16(24(14)17)8-7-15-5-3-2-4-6-15/h2-6,14,20,25H,7-13H2,1H3/t14-/m0/s1. The number of aliphatic hydroxyl groups excluding tert-OH is 1. The van der Waals surface area contributed by atoms with Crippen LogP contribution in [0.4, 0.5) is 0 Å². The first-order valence-corrected chi connectivity index (χ1v) is 9.20. The zero-order valence-electron chi connectivity index (χ0n) is 15.1. The Kier molecular flexibility index (Phi) is 4.50. The molecule has 0 radical (unpaired) electrons. The Labute approximate surface area is 153 Å². The second kappa shape index (κ2) is 6.81. The fourth-order valence-electron chi connectivity index (χ4n) is 3.93. The van der Waals surface area contributed by atoms with Gasteiger partial charge in [-0.2, -0.15) is 0 Å². The molecule has 2 aliphatic rings. The third-order valence-electron chi connectivity index (χ3n) is 5.55. The van der Waals surface area contributed by atoms with Crippen LogP contribution in [0.15, 0.2) is 30.3 Å². The minimum absolute atomic E-state index is 0.0192. The van der Waals surface area contributed by atoms with Gasteiger partial charge in [0.15, 0.2) is 5.82 Å². The van der Waals surface area contributed by atoms with Crippen molar-refractivity contribution in [1.29, 1.82) is 0 Å². The molecule has 0 aliphatic carbocycles.